The largest absolute Gasteiger partial charge is 0.481 e. The summed E-state index contributed by atoms with van der Waals surface area (Å²) in [5, 5.41) is 1.84. The highest BCUT2D eigenvalue weighted by Crippen LogP contribution is 2.60. The van der Waals surface area contributed by atoms with Gasteiger partial charge in [-0.1, -0.05) is 12.1 Å². The smallest absolute Gasteiger partial charge is 0.268 e. The lowest BCUT2D eigenvalue weighted by Crippen LogP contribution is -2.48. The second kappa shape index (κ2) is 8.22. The number of rotatable bonds is 6. The third-order valence-electron chi connectivity index (χ3n) is 8.29. The first-order valence-electron chi connectivity index (χ1n) is 12.4. The summed E-state index contributed by atoms with van der Waals surface area (Å²) in [5.41, 5.74) is 2.31. The second-order valence-electron chi connectivity index (χ2n) is 10.8. The molecule has 1 amide bonds. The van der Waals surface area contributed by atoms with Crippen LogP contribution in [0.2, 0.25) is 0 Å². The molecule has 34 heavy (non-hydrogen) atoms. The van der Waals surface area contributed by atoms with Crippen molar-refractivity contribution in [3.8, 4) is 5.75 Å². The molecule has 2 aromatic heterocycles. The lowest BCUT2D eigenvalue weighted by molar-refractivity contribution is -0.137. The van der Waals surface area contributed by atoms with Gasteiger partial charge in [-0.2, -0.15) is 0 Å². The first-order chi connectivity index (χ1) is 16.4. The molecule has 0 aliphatic heterocycles. The predicted molar refractivity (Wildman–Crippen MR) is 133 cm³/mol. The van der Waals surface area contributed by atoms with Gasteiger partial charge in [0.2, 0.25) is 0 Å². The van der Waals surface area contributed by atoms with Crippen molar-refractivity contribution in [3.05, 3.63) is 57.5 Å². The van der Waals surface area contributed by atoms with E-state index in [0.29, 0.717) is 27.2 Å². The van der Waals surface area contributed by atoms with Crippen molar-refractivity contribution in [2.24, 2.45) is 17.8 Å². The first kappa shape index (κ1) is 21.8. The lowest BCUT2D eigenvalue weighted by Gasteiger charge is -2.57. The number of aromatic amines is 1. The number of thiophene rings is 1. The zero-order chi connectivity index (χ0) is 23.4. The van der Waals surface area contributed by atoms with Gasteiger partial charge in [0.25, 0.3) is 11.5 Å². The van der Waals surface area contributed by atoms with E-state index in [1.807, 2.05) is 23.6 Å². The highest BCUT2D eigenvalue weighted by atomic mass is 32.1. The summed E-state index contributed by atoms with van der Waals surface area (Å²) in [5.74, 6) is 3.78. The molecule has 178 valence electrons. The summed E-state index contributed by atoms with van der Waals surface area (Å²) in [6.45, 7) is 1.99. The van der Waals surface area contributed by atoms with Gasteiger partial charge < -0.3 is 14.6 Å². The van der Waals surface area contributed by atoms with Crippen LogP contribution < -0.4 is 10.3 Å². The van der Waals surface area contributed by atoms with Crippen LogP contribution in [0.4, 0.5) is 0 Å². The van der Waals surface area contributed by atoms with Gasteiger partial charge in [0, 0.05) is 7.05 Å². The summed E-state index contributed by atoms with van der Waals surface area (Å²) in [6.07, 6.45) is 7.71. The zero-order valence-corrected chi connectivity index (χ0v) is 20.6. The Kier molecular flexibility index (Phi) is 5.28. The highest BCUT2D eigenvalue weighted by molar-refractivity contribution is 7.17. The Morgan fingerprint density at radius 1 is 1.15 bits per heavy atom. The molecule has 1 N–H and O–H groups in total. The molecule has 7 rings (SSSR count). The number of aromatic nitrogens is 2. The zero-order valence-electron chi connectivity index (χ0n) is 19.8. The van der Waals surface area contributed by atoms with Crippen LogP contribution in [-0.2, 0) is 16.8 Å². The minimum absolute atomic E-state index is 0.154. The number of ether oxygens (including phenoxy) is 1. The predicted octanol–water partition coefficient (Wildman–Crippen LogP) is 4.88. The van der Waals surface area contributed by atoms with Gasteiger partial charge in [-0.15, -0.1) is 11.3 Å². The normalized spacial score (nSPS) is 28.2. The van der Waals surface area contributed by atoms with Crippen LogP contribution in [0.15, 0.2) is 40.5 Å². The van der Waals surface area contributed by atoms with Gasteiger partial charge in [0.05, 0.1) is 12.1 Å². The molecule has 4 aliphatic carbocycles. The van der Waals surface area contributed by atoms with Gasteiger partial charge in [-0.3, -0.25) is 9.59 Å². The van der Waals surface area contributed by atoms with Crippen molar-refractivity contribution in [3.63, 3.8) is 0 Å². The molecule has 1 atom stereocenters. The number of amides is 1. The second-order valence-corrected chi connectivity index (χ2v) is 11.7. The maximum atomic E-state index is 12.9. The Labute approximate surface area is 203 Å². The Hall–Kier alpha value is -2.67. The SMILES string of the molecule is CC(Oc1ccc(C23CC4CC(CC(C4)C2)C3)cc1)C(=O)N(C)Cc1nc2ccsc2c(=O)[nH]1. The van der Waals surface area contributed by atoms with Crippen LogP contribution in [0.5, 0.6) is 5.75 Å². The molecular weight excluding hydrogens is 446 g/mol. The molecule has 4 saturated carbocycles. The van der Waals surface area contributed by atoms with Crippen molar-refractivity contribution in [1.29, 1.82) is 0 Å². The molecule has 6 nitrogen and oxygen atoms in total. The van der Waals surface area contributed by atoms with E-state index in [9.17, 15) is 9.59 Å². The molecule has 3 aromatic rings. The number of carbonyl (C=O) groups excluding carboxylic acids is 1. The molecule has 0 radical (unpaired) electrons. The van der Waals surface area contributed by atoms with Crippen LogP contribution in [0.1, 0.15) is 56.8 Å². The molecule has 2 heterocycles. The van der Waals surface area contributed by atoms with Crippen LogP contribution in [-0.4, -0.2) is 33.9 Å². The summed E-state index contributed by atoms with van der Waals surface area (Å²) in [4.78, 5) is 33.9. The molecule has 1 aromatic carbocycles. The van der Waals surface area contributed by atoms with Gasteiger partial charge >= 0.3 is 0 Å². The summed E-state index contributed by atoms with van der Waals surface area (Å²) >= 11 is 1.36. The van der Waals surface area contributed by atoms with E-state index < -0.39 is 6.10 Å². The molecule has 4 aliphatic rings. The fraction of sp³-hybridized carbons (Fsp3) is 0.519. The number of hydrogen-bond donors (Lipinski definition) is 1. The van der Waals surface area contributed by atoms with Crippen molar-refractivity contribution >= 4 is 27.5 Å². The number of likely N-dealkylation sites (N-methyl/N-ethyl adjacent to an activating group) is 1. The fourth-order valence-electron chi connectivity index (χ4n) is 7.22. The van der Waals surface area contributed by atoms with E-state index in [2.05, 4.69) is 22.1 Å². The molecule has 4 fully saturated rings. The molecule has 7 heteroatoms. The number of nitrogens with zero attached hydrogens (tertiary/aromatic N) is 2. The van der Waals surface area contributed by atoms with Gasteiger partial charge in [0.15, 0.2) is 6.10 Å². The Morgan fingerprint density at radius 3 is 2.44 bits per heavy atom. The van der Waals surface area contributed by atoms with E-state index in [-0.39, 0.29) is 18.0 Å². The maximum absolute atomic E-state index is 12.9. The van der Waals surface area contributed by atoms with Crippen molar-refractivity contribution in [2.75, 3.05) is 7.05 Å². The summed E-state index contributed by atoms with van der Waals surface area (Å²) in [6, 6.07) is 10.3. The van der Waals surface area contributed by atoms with Crippen molar-refractivity contribution in [2.45, 2.75) is 63.5 Å². The Bertz CT molecular complexity index is 1240. The van der Waals surface area contributed by atoms with Crippen LogP contribution in [0.3, 0.4) is 0 Å². The van der Waals surface area contributed by atoms with E-state index in [0.717, 1.165) is 17.8 Å². The molecule has 0 saturated heterocycles. The molecule has 4 bridgehead atoms. The minimum atomic E-state index is -0.632. The van der Waals surface area contributed by atoms with Crippen molar-refractivity contribution < 1.29 is 9.53 Å². The van der Waals surface area contributed by atoms with Crippen molar-refractivity contribution in [1.82, 2.24) is 14.9 Å². The average Bonchev–Trinajstić information content (AvgIpc) is 3.27. The number of nitrogens with one attached hydrogen (secondary N) is 1. The average molecular weight is 478 g/mol. The van der Waals surface area contributed by atoms with Crippen LogP contribution >= 0.6 is 11.3 Å². The van der Waals surface area contributed by atoms with Gasteiger partial charge in [-0.25, -0.2) is 4.98 Å². The number of H-pyrrole nitrogens is 1. The Balaban J connectivity index is 1.11. The van der Waals surface area contributed by atoms with Gasteiger partial charge in [0.1, 0.15) is 16.3 Å². The quantitative estimate of drug-likeness (QED) is 0.549. The van der Waals surface area contributed by atoms with Crippen LogP contribution in [0.25, 0.3) is 10.2 Å². The maximum Gasteiger partial charge on any atom is 0.268 e. The van der Waals surface area contributed by atoms with E-state index in [4.69, 9.17) is 4.74 Å². The number of hydrogen-bond acceptors (Lipinski definition) is 5. The lowest BCUT2D eigenvalue weighted by atomic mass is 9.48. The van der Waals surface area contributed by atoms with Crippen LogP contribution in [0, 0.1) is 17.8 Å². The third-order valence-corrected chi connectivity index (χ3v) is 9.20. The Morgan fingerprint density at radius 2 is 1.79 bits per heavy atom. The first-order valence-corrected chi connectivity index (χ1v) is 13.2. The third kappa shape index (κ3) is 3.84. The number of fused-ring (bicyclic) bond motifs is 1. The summed E-state index contributed by atoms with van der Waals surface area (Å²) in [7, 11) is 1.70. The fourth-order valence-corrected chi connectivity index (χ4v) is 7.94. The van der Waals surface area contributed by atoms with E-state index in [1.54, 1.807) is 18.9 Å². The number of benzene rings is 1. The number of carbonyl (C=O) groups is 1. The minimum Gasteiger partial charge on any atom is -0.481 e. The topological polar surface area (TPSA) is 75.3 Å². The standard InChI is InChI=1S/C27H31N3O3S/c1-16(26(32)30(2)15-23-28-22-7-8-34-24(22)25(31)29-23)33-21-5-3-20(4-6-21)27-12-17-9-18(13-27)11-19(10-17)14-27/h3-8,16-19H,9-15H2,1-2H3,(H,28,29,31). The highest BCUT2D eigenvalue weighted by Gasteiger charge is 2.51. The van der Waals surface area contributed by atoms with Gasteiger partial charge in [-0.05, 0) is 97.8 Å². The van der Waals surface area contributed by atoms with E-state index >= 15 is 0 Å². The monoisotopic (exact) mass is 477 g/mol. The summed E-state index contributed by atoms with van der Waals surface area (Å²) < 4.78 is 6.61. The molecule has 0 spiro atoms. The molecule has 1 unspecified atom stereocenters. The van der Waals surface area contributed by atoms with E-state index in [1.165, 1.54) is 55.4 Å². The molecular formula is C27H31N3O3S.